The van der Waals surface area contributed by atoms with Crippen molar-refractivity contribution in [1.29, 1.82) is 0 Å². The lowest BCUT2D eigenvalue weighted by molar-refractivity contribution is -0.123. The summed E-state index contributed by atoms with van der Waals surface area (Å²) < 4.78 is 0. The quantitative estimate of drug-likeness (QED) is 0.781. The minimum atomic E-state index is -0.454. The van der Waals surface area contributed by atoms with Gasteiger partial charge < -0.3 is 15.5 Å². The van der Waals surface area contributed by atoms with E-state index in [9.17, 15) is 9.59 Å². The average molecular weight is 368 g/mol. The number of amides is 2. The summed E-state index contributed by atoms with van der Waals surface area (Å²) in [5, 5.41) is 5.99. The molecule has 0 aliphatic heterocycles. The van der Waals surface area contributed by atoms with Crippen LogP contribution in [0.3, 0.4) is 0 Å². The maximum atomic E-state index is 12.3. The summed E-state index contributed by atoms with van der Waals surface area (Å²) in [5.41, 5.74) is 0.329. The molecule has 0 unspecified atom stereocenters. The van der Waals surface area contributed by atoms with Gasteiger partial charge in [0.05, 0.1) is 6.54 Å². The Balaban J connectivity index is 1.67. The van der Waals surface area contributed by atoms with Gasteiger partial charge in [-0.25, -0.2) is 4.98 Å². The van der Waals surface area contributed by atoms with E-state index in [1.807, 2.05) is 25.1 Å². The first-order valence-electron chi connectivity index (χ1n) is 9.72. The predicted octanol–water partition coefficient (Wildman–Crippen LogP) is 2.16. The zero-order valence-electron chi connectivity index (χ0n) is 16.2. The summed E-state index contributed by atoms with van der Waals surface area (Å²) in [5.74, 6) is 7.26. The molecule has 144 valence electrons. The van der Waals surface area contributed by atoms with Gasteiger partial charge in [0.15, 0.2) is 0 Å². The number of aromatic nitrogens is 1. The van der Waals surface area contributed by atoms with Gasteiger partial charge in [-0.05, 0) is 51.9 Å². The first-order valence-corrected chi connectivity index (χ1v) is 9.72. The topological polar surface area (TPSA) is 74.3 Å². The molecule has 1 aromatic rings. The van der Waals surface area contributed by atoms with Gasteiger partial charge in [0.1, 0.15) is 11.4 Å². The number of pyridine rings is 1. The average Bonchev–Trinajstić information content (AvgIpc) is 3.46. The zero-order valence-corrected chi connectivity index (χ0v) is 16.2. The third-order valence-corrected chi connectivity index (χ3v) is 4.95. The summed E-state index contributed by atoms with van der Waals surface area (Å²) in [7, 11) is 3.77. The molecule has 2 saturated carbocycles. The number of anilines is 1. The fourth-order valence-electron chi connectivity index (χ4n) is 3.34. The van der Waals surface area contributed by atoms with Gasteiger partial charge >= 0.3 is 0 Å². The highest BCUT2D eigenvalue weighted by Crippen LogP contribution is 2.30. The lowest BCUT2D eigenvalue weighted by atomic mass is 9.82. The Labute approximate surface area is 161 Å². The number of nitrogens with one attached hydrogen (secondary N) is 2. The molecule has 3 rings (SSSR count). The largest absolute Gasteiger partial charge is 0.339 e. The predicted molar refractivity (Wildman–Crippen MR) is 105 cm³/mol. The molecule has 1 aromatic heterocycles. The molecule has 2 fully saturated rings. The Morgan fingerprint density at radius 2 is 1.96 bits per heavy atom. The number of likely N-dealkylation sites (N-methyl/N-ethyl adjacent to an activating group) is 1. The Morgan fingerprint density at radius 3 is 2.56 bits per heavy atom. The summed E-state index contributed by atoms with van der Waals surface area (Å²) >= 11 is 0. The summed E-state index contributed by atoms with van der Waals surface area (Å²) in [6.45, 7) is 0.361. The third-order valence-electron chi connectivity index (χ3n) is 4.95. The molecule has 6 heteroatoms. The van der Waals surface area contributed by atoms with E-state index in [0.717, 1.165) is 44.1 Å². The van der Waals surface area contributed by atoms with Gasteiger partial charge in [-0.2, -0.15) is 0 Å². The van der Waals surface area contributed by atoms with E-state index in [2.05, 4.69) is 27.5 Å². The Morgan fingerprint density at radius 1 is 1.22 bits per heavy atom. The van der Waals surface area contributed by atoms with E-state index in [1.54, 1.807) is 12.3 Å². The van der Waals surface area contributed by atoms with Gasteiger partial charge in [-0.15, -0.1) is 0 Å². The van der Waals surface area contributed by atoms with E-state index >= 15 is 0 Å². The minimum absolute atomic E-state index is 0.00691. The fourth-order valence-corrected chi connectivity index (χ4v) is 3.34. The molecule has 0 atom stereocenters. The van der Waals surface area contributed by atoms with Crippen molar-refractivity contribution in [2.45, 2.75) is 50.5 Å². The molecule has 2 amide bonds. The van der Waals surface area contributed by atoms with Gasteiger partial charge in [0.25, 0.3) is 0 Å². The van der Waals surface area contributed by atoms with Gasteiger partial charge in [0.2, 0.25) is 11.8 Å². The molecule has 27 heavy (non-hydrogen) atoms. The SMILES string of the molecule is CN(C)CC(=O)NC1(C#Cc2ccc(NC(=O)C3CC3)nc2)CCCCC1. The molecule has 1 heterocycles. The molecule has 6 nitrogen and oxygen atoms in total. The first kappa shape index (κ1) is 19.4. The second-order valence-corrected chi connectivity index (χ2v) is 7.87. The zero-order chi connectivity index (χ0) is 19.3. The van der Waals surface area contributed by atoms with Crippen molar-refractivity contribution < 1.29 is 9.59 Å². The highest BCUT2D eigenvalue weighted by Gasteiger charge is 2.32. The minimum Gasteiger partial charge on any atom is -0.339 e. The second-order valence-electron chi connectivity index (χ2n) is 7.87. The van der Waals surface area contributed by atoms with E-state index < -0.39 is 5.54 Å². The van der Waals surface area contributed by atoms with Crippen LogP contribution in [0.5, 0.6) is 0 Å². The molecular weight excluding hydrogens is 340 g/mol. The molecule has 0 radical (unpaired) electrons. The lowest BCUT2D eigenvalue weighted by Crippen LogP contribution is -2.51. The van der Waals surface area contributed by atoms with Crippen molar-refractivity contribution >= 4 is 17.6 Å². The number of hydrogen-bond donors (Lipinski definition) is 2. The smallest absolute Gasteiger partial charge is 0.235 e. The number of carbonyl (C=O) groups is 2. The van der Waals surface area contributed by atoms with Crippen LogP contribution in [0.25, 0.3) is 0 Å². The van der Waals surface area contributed by atoms with Crippen LogP contribution in [0, 0.1) is 17.8 Å². The maximum absolute atomic E-state index is 12.3. The summed E-state index contributed by atoms with van der Waals surface area (Å²) in [6.07, 6.45) is 8.69. The molecule has 0 aromatic carbocycles. The van der Waals surface area contributed by atoms with Crippen molar-refractivity contribution in [2.24, 2.45) is 5.92 Å². The lowest BCUT2D eigenvalue weighted by Gasteiger charge is -2.33. The molecule has 2 aliphatic rings. The van der Waals surface area contributed by atoms with Crippen molar-refractivity contribution in [2.75, 3.05) is 26.0 Å². The number of hydrogen-bond acceptors (Lipinski definition) is 4. The summed E-state index contributed by atoms with van der Waals surface area (Å²) in [4.78, 5) is 30.2. The molecule has 2 aliphatic carbocycles. The van der Waals surface area contributed by atoms with Crippen LogP contribution in [0.1, 0.15) is 50.5 Å². The molecular formula is C21H28N4O2. The Kier molecular flexibility index (Phi) is 6.12. The first-order chi connectivity index (χ1) is 13.0. The van der Waals surface area contributed by atoms with Crippen LogP contribution in [0.15, 0.2) is 18.3 Å². The molecule has 0 saturated heterocycles. The Hall–Kier alpha value is -2.39. The molecule has 0 spiro atoms. The monoisotopic (exact) mass is 368 g/mol. The van der Waals surface area contributed by atoms with Crippen LogP contribution in [0.2, 0.25) is 0 Å². The van der Waals surface area contributed by atoms with E-state index in [-0.39, 0.29) is 17.7 Å². The standard InChI is InChI=1S/C21H28N4O2/c1-25(2)15-19(26)24-21(11-4-3-5-12-21)13-10-16-6-9-18(22-14-16)23-20(27)17-7-8-17/h6,9,14,17H,3-5,7-8,11-12,15H2,1-2H3,(H,24,26)(H,22,23,27). The number of carbonyl (C=O) groups excluding carboxylic acids is 2. The van der Waals surface area contributed by atoms with Crippen molar-refractivity contribution in [3.05, 3.63) is 23.9 Å². The number of nitrogens with zero attached hydrogens (tertiary/aromatic N) is 2. The van der Waals surface area contributed by atoms with Gasteiger partial charge in [-0.3, -0.25) is 9.59 Å². The van der Waals surface area contributed by atoms with Crippen molar-refractivity contribution in [1.82, 2.24) is 15.2 Å². The highest BCUT2D eigenvalue weighted by molar-refractivity contribution is 5.93. The summed E-state index contributed by atoms with van der Waals surface area (Å²) in [6, 6.07) is 3.64. The van der Waals surface area contributed by atoms with Crippen molar-refractivity contribution in [3.63, 3.8) is 0 Å². The second kappa shape index (κ2) is 8.53. The van der Waals surface area contributed by atoms with E-state index in [4.69, 9.17) is 0 Å². The maximum Gasteiger partial charge on any atom is 0.235 e. The third kappa shape index (κ3) is 5.80. The number of rotatable bonds is 5. The van der Waals surface area contributed by atoms with Crippen LogP contribution in [0.4, 0.5) is 5.82 Å². The normalized spacial score (nSPS) is 18.3. The van der Waals surface area contributed by atoms with E-state index in [1.165, 1.54) is 6.42 Å². The van der Waals surface area contributed by atoms with Crippen molar-refractivity contribution in [3.8, 4) is 11.8 Å². The van der Waals surface area contributed by atoms with Gasteiger partial charge in [-0.1, -0.05) is 31.1 Å². The Bertz CT molecular complexity index is 736. The van der Waals surface area contributed by atoms with Crippen LogP contribution < -0.4 is 10.6 Å². The highest BCUT2D eigenvalue weighted by atomic mass is 16.2. The molecule has 0 bridgehead atoms. The van der Waals surface area contributed by atoms with Crippen LogP contribution in [-0.4, -0.2) is 47.9 Å². The van der Waals surface area contributed by atoms with Gasteiger partial charge in [0, 0.05) is 17.7 Å². The molecule has 2 N–H and O–H groups in total. The fraction of sp³-hybridized carbons (Fsp3) is 0.571. The van der Waals surface area contributed by atoms with Crippen LogP contribution >= 0.6 is 0 Å². The van der Waals surface area contributed by atoms with Crippen LogP contribution in [-0.2, 0) is 9.59 Å². The van der Waals surface area contributed by atoms with E-state index in [0.29, 0.717) is 12.4 Å².